The van der Waals surface area contributed by atoms with Gasteiger partial charge in [-0.2, -0.15) is 5.26 Å². The van der Waals surface area contributed by atoms with E-state index >= 15 is 0 Å². The van der Waals surface area contributed by atoms with Crippen LogP contribution in [0.5, 0.6) is 0 Å². The van der Waals surface area contributed by atoms with Crippen molar-refractivity contribution in [2.24, 2.45) is 16.5 Å². The third-order valence-corrected chi connectivity index (χ3v) is 4.65. The molecule has 0 bridgehead atoms. The number of benzene rings is 1. The Morgan fingerprint density at radius 1 is 1.28 bits per heavy atom. The number of carbonyl (C=O) groups excluding carboxylic acids is 2. The molecule has 2 rings (SSSR count). The summed E-state index contributed by atoms with van der Waals surface area (Å²) in [6, 6.07) is 6.51. The van der Waals surface area contributed by atoms with Crippen molar-refractivity contribution in [1.29, 1.82) is 5.26 Å². The fourth-order valence-corrected chi connectivity index (χ4v) is 3.11. The highest BCUT2D eigenvalue weighted by atomic mass is 16.5. The summed E-state index contributed by atoms with van der Waals surface area (Å²) in [5, 5.41) is 43.6. The largest absolute Gasteiger partial charge is 0.480 e. The molecule has 12 heteroatoms. The molecule has 1 aliphatic heterocycles. The van der Waals surface area contributed by atoms with Gasteiger partial charge in [0.05, 0.1) is 30.3 Å². The highest BCUT2D eigenvalue weighted by molar-refractivity contribution is 5.92. The van der Waals surface area contributed by atoms with Gasteiger partial charge in [-0.25, -0.2) is 4.99 Å². The molecule has 172 valence electrons. The number of carbonyl (C=O) groups is 2. The first-order valence-corrected chi connectivity index (χ1v) is 9.64. The summed E-state index contributed by atoms with van der Waals surface area (Å²) in [4.78, 5) is 28.4. The number of nitriles is 1. The van der Waals surface area contributed by atoms with Gasteiger partial charge in [-0.05, 0) is 23.8 Å². The summed E-state index contributed by atoms with van der Waals surface area (Å²) in [5.41, 5.74) is 12.1. The molecule has 5 atom stereocenters. The zero-order chi connectivity index (χ0) is 23.8. The maximum absolute atomic E-state index is 12.7. The second-order valence-corrected chi connectivity index (χ2v) is 7.12. The summed E-state index contributed by atoms with van der Waals surface area (Å²) >= 11 is 0. The molecule has 1 aromatic rings. The Labute approximate surface area is 184 Å². The number of amides is 2. The van der Waals surface area contributed by atoms with Crippen LogP contribution in [-0.4, -0.2) is 70.1 Å². The topological polar surface area (TPSA) is 216 Å². The van der Waals surface area contributed by atoms with E-state index in [4.69, 9.17) is 21.5 Å². The number of aliphatic hydroxyl groups excluding tert-OH is 3. The van der Waals surface area contributed by atoms with E-state index in [0.29, 0.717) is 5.56 Å². The minimum Gasteiger partial charge on any atom is -0.480 e. The van der Waals surface area contributed by atoms with Crippen LogP contribution < -0.4 is 22.1 Å². The van der Waals surface area contributed by atoms with Crippen LogP contribution in [0.4, 0.5) is 0 Å². The Hall–Kier alpha value is -3.66. The second kappa shape index (κ2) is 11.1. The number of hydrogen-bond donors (Lipinski definition) is 7. The average Bonchev–Trinajstić information content (AvgIpc) is 2.77. The molecule has 1 aromatic carbocycles. The molecular weight excluding hydrogens is 420 g/mol. The van der Waals surface area contributed by atoms with Gasteiger partial charge < -0.3 is 42.2 Å². The third-order valence-electron chi connectivity index (χ3n) is 4.65. The summed E-state index contributed by atoms with van der Waals surface area (Å²) in [6.45, 7) is 0.548. The Balaban J connectivity index is 2.29. The summed E-state index contributed by atoms with van der Waals surface area (Å²) < 4.78 is 5.60. The Morgan fingerprint density at radius 2 is 1.94 bits per heavy atom. The minimum atomic E-state index is -1.68. The maximum Gasteiger partial charge on any atom is 0.286 e. The van der Waals surface area contributed by atoms with Crippen molar-refractivity contribution >= 4 is 17.8 Å². The normalized spacial score (nSPS) is 21.7. The van der Waals surface area contributed by atoms with E-state index in [9.17, 15) is 24.9 Å². The Kier molecular flexibility index (Phi) is 8.54. The molecule has 0 unspecified atom stereocenters. The molecule has 0 fully saturated rings. The van der Waals surface area contributed by atoms with Crippen LogP contribution in [0.2, 0.25) is 0 Å². The minimum absolute atomic E-state index is 0.111. The maximum atomic E-state index is 12.7. The van der Waals surface area contributed by atoms with Crippen LogP contribution in [0, 0.1) is 11.3 Å². The van der Waals surface area contributed by atoms with Gasteiger partial charge in [-0.3, -0.25) is 9.59 Å². The van der Waals surface area contributed by atoms with E-state index in [2.05, 4.69) is 15.6 Å². The molecule has 0 aliphatic carbocycles. The van der Waals surface area contributed by atoms with Crippen molar-refractivity contribution in [2.75, 3.05) is 6.61 Å². The number of nitrogens with zero attached hydrogens (tertiary/aromatic N) is 2. The fraction of sp³-hybridized carbons (Fsp3) is 0.400. The number of nitrogens with two attached hydrogens (primary N) is 2. The number of hydrogen-bond acceptors (Lipinski definition) is 8. The first-order valence-electron chi connectivity index (χ1n) is 9.64. The molecule has 1 heterocycles. The lowest BCUT2D eigenvalue weighted by Gasteiger charge is -2.39. The first-order chi connectivity index (χ1) is 15.2. The van der Waals surface area contributed by atoms with Crippen LogP contribution in [0.3, 0.4) is 0 Å². The van der Waals surface area contributed by atoms with Crippen LogP contribution in [0.15, 0.2) is 41.1 Å². The number of aliphatic imine (C=N–C) groups is 1. The molecule has 12 nitrogen and oxygen atoms in total. The lowest BCUT2D eigenvalue weighted by Crippen LogP contribution is -2.60. The van der Waals surface area contributed by atoms with E-state index in [1.165, 1.54) is 13.0 Å². The number of ether oxygens (including phenoxy) is 1. The monoisotopic (exact) mass is 446 g/mol. The van der Waals surface area contributed by atoms with Crippen molar-refractivity contribution in [3.63, 3.8) is 0 Å². The predicted molar refractivity (Wildman–Crippen MR) is 112 cm³/mol. The molecule has 0 radical (unpaired) electrons. The van der Waals surface area contributed by atoms with Crippen LogP contribution in [-0.2, 0) is 20.9 Å². The molecule has 9 N–H and O–H groups in total. The van der Waals surface area contributed by atoms with Gasteiger partial charge in [0.25, 0.3) is 5.91 Å². The van der Waals surface area contributed by atoms with Gasteiger partial charge >= 0.3 is 0 Å². The first kappa shape index (κ1) is 24.6. The Morgan fingerprint density at radius 3 is 2.47 bits per heavy atom. The summed E-state index contributed by atoms with van der Waals surface area (Å²) in [5.74, 6) is -1.74. The van der Waals surface area contributed by atoms with Gasteiger partial charge in [-0.1, -0.05) is 12.1 Å². The lowest BCUT2D eigenvalue weighted by atomic mass is 9.92. The molecule has 2 amide bonds. The van der Waals surface area contributed by atoms with Crippen molar-refractivity contribution in [3.05, 3.63) is 47.2 Å². The molecule has 1 aliphatic rings. The van der Waals surface area contributed by atoms with Gasteiger partial charge in [0.1, 0.15) is 18.3 Å². The van der Waals surface area contributed by atoms with Gasteiger partial charge in [-0.15, -0.1) is 0 Å². The van der Waals surface area contributed by atoms with Crippen LogP contribution in [0.1, 0.15) is 18.1 Å². The van der Waals surface area contributed by atoms with E-state index in [1.54, 1.807) is 24.3 Å². The quantitative estimate of drug-likeness (QED) is 0.163. The molecule has 0 spiro atoms. The van der Waals surface area contributed by atoms with Gasteiger partial charge in [0, 0.05) is 13.5 Å². The average molecular weight is 446 g/mol. The van der Waals surface area contributed by atoms with Crippen molar-refractivity contribution in [1.82, 2.24) is 10.6 Å². The Bertz CT molecular complexity index is 922. The smallest absolute Gasteiger partial charge is 0.286 e. The van der Waals surface area contributed by atoms with Crippen LogP contribution in [0.25, 0.3) is 0 Å². The van der Waals surface area contributed by atoms with Gasteiger partial charge in [0.2, 0.25) is 5.91 Å². The highest BCUT2D eigenvalue weighted by Crippen LogP contribution is 2.25. The van der Waals surface area contributed by atoms with E-state index in [0.717, 1.165) is 5.56 Å². The zero-order valence-corrected chi connectivity index (χ0v) is 17.3. The lowest BCUT2D eigenvalue weighted by molar-refractivity contribution is -0.134. The van der Waals surface area contributed by atoms with Gasteiger partial charge in [0.15, 0.2) is 11.7 Å². The van der Waals surface area contributed by atoms with E-state index in [1.807, 2.05) is 6.07 Å². The second-order valence-electron chi connectivity index (χ2n) is 7.12. The zero-order valence-electron chi connectivity index (χ0n) is 17.3. The number of nitrogens with one attached hydrogen (secondary N) is 2. The molecule has 0 aromatic heterocycles. The van der Waals surface area contributed by atoms with Crippen molar-refractivity contribution in [3.8, 4) is 6.07 Å². The summed E-state index contributed by atoms with van der Waals surface area (Å²) in [7, 11) is 0. The SMILES string of the molecule is CC(=O)N[C@H]1[C@H]([C@H](O)[C@H](O)CO)OC(C(=O)NCc2ccc(C#N)cc2)=C[C@@H]1N=C(N)N. The van der Waals surface area contributed by atoms with Crippen molar-refractivity contribution in [2.45, 2.75) is 43.9 Å². The molecule has 32 heavy (non-hydrogen) atoms. The van der Waals surface area contributed by atoms with E-state index < -0.39 is 48.8 Å². The standard InChI is InChI=1S/C20H26N6O6/c1-10(28)25-16-13(26-20(22)23)6-15(32-18(16)17(30)14(29)9-27)19(31)24-8-12-4-2-11(7-21)3-5-12/h2-6,13-14,16-18,27,29-30H,8-9H2,1H3,(H,24,31)(H,25,28)(H4,22,23,26)/t13-,14+,16+,17+,18+/m0/s1. The van der Waals surface area contributed by atoms with Crippen molar-refractivity contribution < 1.29 is 29.6 Å². The van der Waals surface area contributed by atoms with E-state index in [-0.39, 0.29) is 18.3 Å². The number of rotatable bonds is 8. The third kappa shape index (κ3) is 6.42. The number of aliphatic hydroxyl groups is 3. The summed E-state index contributed by atoms with van der Waals surface area (Å²) in [6.07, 6.45) is -3.36. The molecular formula is C20H26N6O6. The predicted octanol–water partition coefficient (Wildman–Crippen LogP) is -2.68. The highest BCUT2D eigenvalue weighted by Gasteiger charge is 2.43. The fourth-order valence-electron chi connectivity index (χ4n) is 3.11. The van der Waals surface area contributed by atoms with Crippen LogP contribution >= 0.6 is 0 Å². The molecule has 0 saturated heterocycles. The number of guanidine groups is 1. The molecule has 0 saturated carbocycles.